The van der Waals surface area contributed by atoms with Crippen LogP contribution in [-0.2, 0) is 0 Å². The lowest BCUT2D eigenvalue weighted by Gasteiger charge is -2.19. The zero-order chi connectivity index (χ0) is 46.3. The first kappa shape index (κ1) is 41.2. The van der Waals surface area contributed by atoms with Gasteiger partial charge < -0.3 is 0 Å². The number of nitrogens with zero attached hydrogens (tertiary/aromatic N) is 7. The lowest BCUT2D eigenvalue weighted by atomic mass is 9.85. The molecule has 0 radical (unpaired) electrons. The summed E-state index contributed by atoms with van der Waals surface area (Å²) in [6.45, 7) is 4.15. The van der Waals surface area contributed by atoms with Gasteiger partial charge in [-0.05, 0) is 64.9 Å². The van der Waals surface area contributed by atoms with Gasteiger partial charge in [-0.1, -0.05) is 206 Å². The molecule has 4 heterocycles. The van der Waals surface area contributed by atoms with Gasteiger partial charge in [0.15, 0.2) is 34.9 Å². The quantitative estimate of drug-likeness (QED) is 0.155. The summed E-state index contributed by atoms with van der Waals surface area (Å²) < 4.78 is 0. The van der Waals surface area contributed by atoms with E-state index in [-0.39, 0.29) is 0 Å². The molecular formula is C62H41N7. The standard InChI is InChI=1S/C62H41N7/c1-39-36-55-53-31-17-30-48(46-24-16-25-47(38-46)60-65-57(43-20-8-4-9-21-43)64-58(66-60)44-22-10-5-11-23-44)56(53)50-27-13-15-29-52(50)62-68-59(45-34-32-42(33-35-45)41-18-6-3-7-19-41)67-61(69-62)51-28-14-12-26-49(51)54(39)37-40(2)63-55/h3-36,38H,1-2H3. The third-order valence-corrected chi connectivity index (χ3v) is 12.6. The van der Waals surface area contributed by atoms with Crippen LogP contribution in [0, 0.1) is 0 Å². The van der Waals surface area contributed by atoms with Crippen LogP contribution < -0.4 is 0 Å². The van der Waals surface area contributed by atoms with Crippen molar-refractivity contribution < 1.29 is 0 Å². The Bertz CT molecular complexity index is 3700. The fourth-order valence-corrected chi connectivity index (χ4v) is 9.26. The summed E-state index contributed by atoms with van der Waals surface area (Å²) in [5.74, 6) is 3.50. The molecule has 10 aromatic rings. The van der Waals surface area contributed by atoms with Crippen molar-refractivity contribution in [1.82, 2.24) is 29.9 Å². The topological polar surface area (TPSA) is 89.7 Å². The Balaban J connectivity index is 1.09. The number of fused-ring (bicyclic) bond motifs is 12. The molecule has 8 aromatic carbocycles. The van der Waals surface area contributed by atoms with Crippen LogP contribution in [0.4, 0.5) is 0 Å². The second kappa shape index (κ2) is 17.5. The summed E-state index contributed by atoms with van der Waals surface area (Å²) in [6.07, 6.45) is 2.19. The van der Waals surface area contributed by atoms with Crippen molar-refractivity contribution in [3.05, 3.63) is 240 Å². The third kappa shape index (κ3) is 7.89. The van der Waals surface area contributed by atoms with Gasteiger partial charge in [0.2, 0.25) is 0 Å². The second-order valence-corrected chi connectivity index (χ2v) is 17.1. The molecule has 0 saturated heterocycles. The van der Waals surface area contributed by atoms with Crippen molar-refractivity contribution in [2.24, 2.45) is 4.99 Å². The van der Waals surface area contributed by atoms with Crippen molar-refractivity contribution >= 4 is 11.3 Å². The predicted octanol–water partition coefficient (Wildman–Crippen LogP) is 14.7. The van der Waals surface area contributed by atoms with Crippen LogP contribution in [0.5, 0.6) is 0 Å². The lowest BCUT2D eigenvalue weighted by Crippen LogP contribution is -2.05. The number of rotatable bonds is 6. The molecule has 2 aliphatic heterocycles. The monoisotopic (exact) mass is 883 g/mol. The van der Waals surface area contributed by atoms with E-state index in [4.69, 9.17) is 34.9 Å². The van der Waals surface area contributed by atoms with E-state index in [1.54, 1.807) is 0 Å². The number of hydrogen-bond acceptors (Lipinski definition) is 7. The molecule has 2 aliphatic rings. The van der Waals surface area contributed by atoms with Gasteiger partial charge in [0, 0.05) is 50.1 Å². The minimum Gasteiger partial charge on any atom is -0.245 e. The van der Waals surface area contributed by atoms with Gasteiger partial charge in [-0.15, -0.1) is 0 Å². The lowest BCUT2D eigenvalue weighted by molar-refractivity contribution is 1.07. The van der Waals surface area contributed by atoms with Gasteiger partial charge in [0.05, 0.1) is 11.4 Å². The van der Waals surface area contributed by atoms with Crippen molar-refractivity contribution in [1.29, 1.82) is 0 Å². The molecule has 324 valence electrons. The summed E-state index contributed by atoms with van der Waals surface area (Å²) in [5.41, 5.74) is 20.7. The van der Waals surface area contributed by atoms with Crippen LogP contribution in [0.1, 0.15) is 25.0 Å². The summed E-state index contributed by atoms with van der Waals surface area (Å²) in [6, 6.07) is 70.6. The van der Waals surface area contributed by atoms with E-state index >= 15 is 0 Å². The number of benzene rings is 8. The zero-order valence-electron chi connectivity index (χ0n) is 37.8. The van der Waals surface area contributed by atoms with E-state index in [2.05, 4.69) is 152 Å². The minimum absolute atomic E-state index is 0.561. The number of allylic oxidation sites excluding steroid dienone is 3. The molecule has 7 heteroatoms. The van der Waals surface area contributed by atoms with E-state index < -0.39 is 0 Å². The first-order chi connectivity index (χ1) is 34.0. The molecule has 0 N–H and O–H groups in total. The van der Waals surface area contributed by atoms with Crippen molar-refractivity contribution in [3.8, 4) is 102 Å². The van der Waals surface area contributed by atoms with Gasteiger partial charge in [-0.3, -0.25) is 0 Å². The zero-order valence-corrected chi connectivity index (χ0v) is 37.8. The highest BCUT2D eigenvalue weighted by Crippen LogP contribution is 2.43. The first-order valence-electron chi connectivity index (χ1n) is 23.0. The second-order valence-electron chi connectivity index (χ2n) is 17.1. The minimum atomic E-state index is 0.561. The van der Waals surface area contributed by atoms with E-state index in [1.807, 2.05) is 79.7 Å². The predicted molar refractivity (Wildman–Crippen MR) is 279 cm³/mol. The Morgan fingerprint density at radius 1 is 0.304 bits per heavy atom. The van der Waals surface area contributed by atoms with Crippen LogP contribution in [0.2, 0.25) is 0 Å². The van der Waals surface area contributed by atoms with Gasteiger partial charge in [-0.2, -0.15) is 0 Å². The maximum atomic E-state index is 5.37. The number of aromatic nitrogens is 6. The summed E-state index contributed by atoms with van der Waals surface area (Å²) in [4.78, 5) is 36.4. The molecule has 0 amide bonds. The molecule has 0 fully saturated rings. The average Bonchev–Trinajstić information content (AvgIpc) is 3.57. The third-order valence-electron chi connectivity index (χ3n) is 12.6. The van der Waals surface area contributed by atoms with E-state index in [1.165, 1.54) is 0 Å². The molecule has 12 rings (SSSR count). The molecular weight excluding hydrogens is 843 g/mol. The first-order valence-corrected chi connectivity index (χ1v) is 23.0. The highest BCUT2D eigenvalue weighted by atomic mass is 15.0. The van der Waals surface area contributed by atoms with Crippen LogP contribution >= 0.6 is 0 Å². The molecule has 0 spiro atoms. The Kier molecular flexibility index (Phi) is 10.4. The highest BCUT2D eigenvalue weighted by molar-refractivity contribution is 6.17. The van der Waals surface area contributed by atoms with Gasteiger partial charge in [0.1, 0.15) is 0 Å². The number of aliphatic imine (C=N–C) groups is 1. The fourth-order valence-electron chi connectivity index (χ4n) is 9.26. The van der Waals surface area contributed by atoms with Crippen LogP contribution in [0.3, 0.4) is 0 Å². The molecule has 0 atom stereocenters. The highest BCUT2D eigenvalue weighted by Gasteiger charge is 2.25. The molecule has 7 nitrogen and oxygen atoms in total. The summed E-state index contributed by atoms with van der Waals surface area (Å²) in [7, 11) is 0. The van der Waals surface area contributed by atoms with Crippen LogP contribution in [-0.4, -0.2) is 35.6 Å². The Morgan fingerprint density at radius 2 is 0.696 bits per heavy atom. The van der Waals surface area contributed by atoms with E-state index in [9.17, 15) is 0 Å². The molecule has 4 bridgehead atoms. The Hall–Kier alpha value is -9.29. The van der Waals surface area contributed by atoms with Gasteiger partial charge >= 0.3 is 0 Å². The maximum Gasteiger partial charge on any atom is 0.164 e. The number of hydrogen-bond donors (Lipinski definition) is 0. The SMILES string of the molecule is CC1=C=C2C(C)=CC(=N1)c1cccc(-c3cccc(-c4nc(-c5ccccc5)nc(-c5ccccc5)n4)c3)c1-c1ccccc1-c1nc(-c3ccc(-c4ccccc4)cc3)nc(n1)-c1ccccc12. The molecule has 69 heavy (non-hydrogen) atoms. The van der Waals surface area contributed by atoms with Crippen molar-refractivity contribution in [2.75, 3.05) is 0 Å². The van der Waals surface area contributed by atoms with Gasteiger partial charge in [0.25, 0.3) is 0 Å². The molecule has 0 aliphatic carbocycles. The van der Waals surface area contributed by atoms with Crippen LogP contribution in [0.25, 0.3) is 107 Å². The Labute approximate surface area is 400 Å². The maximum absolute atomic E-state index is 5.37. The molecule has 2 aromatic heterocycles. The smallest absolute Gasteiger partial charge is 0.164 e. The fraction of sp³-hybridized carbons (Fsp3) is 0.0323. The normalized spacial score (nSPS) is 12.6. The average molecular weight is 884 g/mol. The van der Waals surface area contributed by atoms with E-state index in [0.29, 0.717) is 34.9 Å². The van der Waals surface area contributed by atoms with Crippen LogP contribution in [0.15, 0.2) is 234 Å². The molecule has 0 saturated carbocycles. The largest absolute Gasteiger partial charge is 0.245 e. The summed E-state index contributed by atoms with van der Waals surface area (Å²) >= 11 is 0. The Morgan fingerprint density at radius 3 is 1.32 bits per heavy atom. The van der Waals surface area contributed by atoms with Crippen molar-refractivity contribution in [3.63, 3.8) is 0 Å². The van der Waals surface area contributed by atoms with E-state index in [0.717, 1.165) is 100 Å². The van der Waals surface area contributed by atoms with Crippen molar-refractivity contribution in [2.45, 2.75) is 13.8 Å². The summed E-state index contributed by atoms with van der Waals surface area (Å²) in [5, 5.41) is 0. The van der Waals surface area contributed by atoms with Gasteiger partial charge in [-0.25, -0.2) is 34.9 Å². The molecule has 0 unspecified atom stereocenters.